The van der Waals surface area contributed by atoms with Gasteiger partial charge in [-0.05, 0) is 21.8 Å². The third-order valence-corrected chi connectivity index (χ3v) is 2.68. The second-order valence-corrected chi connectivity index (χ2v) is 4.03. The minimum Gasteiger partial charge on any atom is -0.268 e. The maximum atomic E-state index is 10.6. The smallest absolute Gasteiger partial charge is 0.268 e. The highest BCUT2D eigenvalue weighted by atomic mass is 33.1. The number of aromatic nitrogens is 1. The Hall–Kier alpha value is -1.39. The average molecular weight is 248 g/mol. The summed E-state index contributed by atoms with van der Waals surface area (Å²) in [5.41, 5.74) is -0.847. The Bertz CT molecular complexity index is 412. The molecule has 0 fully saturated rings. The van der Waals surface area contributed by atoms with Gasteiger partial charge < -0.3 is 0 Å². The zero-order valence-electron chi connectivity index (χ0n) is 7.02. The third kappa shape index (κ3) is 2.78. The molecule has 8 nitrogen and oxygen atoms in total. The van der Waals surface area contributed by atoms with Gasteiger partial charge in [-0.25, -0.2) is 4.98 Å². The van der Waals surface area contributed by atoms with Gasteiger partial charge in [-0.1, -0.05) is 0 Å². The van der Waals surface area contributed by atoms with Crippen LogP contribution in [0.15, 0.2) is 17.3 Å². The Balaban J connectivity index is 3.20. The van der Waals surface area contributed by atoms with Crippen LogP contribution in [0.1, 0.15) is 0 Å². The summed E-state index contributed by atoms with van der Waals surface area (Å²) in [7, 11) is 1.65. The fourth-order valence-electron chi connectivity index (χ4n) is 0.770. The van der Waals surface area contributed by atoms with Gasteiger partial charge in [0.25, 0.3) is 5.69 Å². The van der Waals surface area contributed by atoms with E-state index in [4.69, 9.17) is 5.14 Å². The van der Waals surface area contributed by atoms with E-state index in [1.165, 1.54) is 0 Å². The van der Waals surface area contributed by atoms with E-state index >= 15 is 0 Å². The minimum absolute atomic E-state index is 0.0399. The molecule has 1 aromatic heterocycles. The van der Waals surface area contributed by atoms with Crippen molar-refractivity contribution in [3.63, 3.8) is 0 Å². The van der Waals surface area contributed by atoms with E-state index < -0.39 is 21.2 Å². The van der Waals surface area contributed by atoms with Gasteiger partial charge in [0.15, 0.2) is 5.03 Å². The molecule has 0 amide bonds. The van der Waals surface area contributed by atoms with Crippen molar-refractivity contribution in [2.45, 2.75) is 5.03 Å². The molecule has 0 spiro atoms. The molecule has 1 heterocycles. The molecule has 1 rings (SSSR count). The Kier molecular flexibility index (Phi) is 3.82. The zero-order valence-corrected chi connectivity index (χ0v) is 8.66. The fourth-order valence-corrected chi connectivity index (χ4v) is 1.83. The molecule has 2 N–H and O–H groups in total. The van der Waals surface area contributed by atoms with Gasteiger partial charge >= 0.3 is 5.69 Å². The van der Waals surface area contributed by atoms with E-state index in [2.05, 4.69) is 4.98 Å². The highest BCUT2D eigenvalue weighted by molar-refractivity contribution is 8.75. The van der Waals surface area contributed by atoms with E-state index in [1.807, 2.05) is 0 Å². The van der Waals surface area contributed by atoms with Crippen LogP contribution in [0.4, 0.5) is 11.4 Å². The molecular formula is C5H4N4O4S2. The maximum absolute atomic E-state index is 10.6. The van der Waals surface area contributed by atoms with Crippen LogP contribution in [0.5, 0.6) is 0 Å². The minimum atomic E-state index is -0.746. The number of hydrogen-bond acceptors (Lipinski definition) is 8. The number of nitrogens with two attached hydrogens (primary N) is 1. The highest BCUT2D eigenvalue weighted by Crippen LogP contribution is 2.34. The monoisotopic (exact) mass is 248 g/mol. The van der Waals surface area contributed by atoms with Crippen molar-refractivity contribution >= 4 is 33.1 Å². The lowest BCUT2D eigenvalue weighted by molar-refractivity contribution is -0.396. The number of rotatable bonds is 4. The van der Waals surface area contributed by atoms with Crippen molar-refractivity contribution in [1.82, 2.24) is 4.98 Å². The number of hydrogen-bond donors (Lipinski definition) is 1. The number of pyridine rings is 1. The van der Waals surface area contributed by atoms with Crippen LogP contribution in [-0.2, 0) is 0 Å². The molecule has 80 valence electrons. The Morgan fingerprint density at radius 3 is 2.47 bits per heavy atom. The zero-order chi connectivity index (χ0) is 11.4. The molecule has 0 aliphatic rings. The van der Waals surface area contributed by atoms with Crippen LogP contribution in [0, 0.1) is 20.2 Å². The summed E-state index contributed by atoms with van der Waals surface area (Å²) >= 11 is 0. The molecule has 0 saturated heterocycles. The van der Waals surface area contributed by atoms with Gasteiger partial charge in [-0.2, -0.15) is 0 Å². The molecule has 1 aromatic rings. The first-order valence-electron chi connectivity index (χ1n) is 3.38. The maximum Gasteiger partial charge on any atom is 0.309 e. The quantitative estimate of drug-likeness (QED) is 0.368. The van der Waals surface area contributed by atoms with Gasteiger partial charge in [-0.3, -0.25) is 25.4 Å². The van der Waals surface area contributed by atoms with Gasteiger partial charge in [-0.15, -0.1) is 0 Å². The summed E-state index contributed by atoms with van der Waals surface area (Å²) in [4.78, 5) is 23.0. The lowest BCUT2D eigenvalue weighted by atomic mass is 10.4. The lowest BCUT2D eigenvalue weighted by Crippen LogP contribution is -1.96. The molecule has 0 unspecified atom stereocenters. The topological polar surface area (TPSA) is 125 Å². The van der Waals surface area contributed by atoms with Crippen LogP contribution >= 0.6 is 21.8 Å². The van der Waals surface area contributed by atoms with Gasteiger partial charge in [0, 0.05) is 0 Å². The van der Waals surface area contributed by atoms with Crippen molar-refractivity contribution in [1.29, 1.82) is 0 Å². The molecule has 10 heteroatoms. The molecule has 0 radical (unpaired) electrons. The number of nitrogens with zero attached hydrogens (tertiary/aromatic N) is 3. The summed E-state index contributed by atoms with van der Waals surface area (Å²) < 4.78 is 0. The van der Waals surface area contributed by atoms with Crippen molar-refractivity contribution in [2.24, 2.45) is 5.14 Å². The van der Waals surface area contributed by atoms with Crippen molar-refractivity contribution in [2.75, 3.05) is 0 Å². The molecule has 0 saturated carbocycles. The van der Waals surface area contributed by atoms with E-state index in [0.717, 1.165) is 34.0 Å². The molecule has 0 atom stereocenters. The number of nitro groups is 2. The normalized spacial score (nSPS) is 9.93. The molecule has 0 aromatic carbocycles. The molecular weight excluding hydrogens is 244 g/mol. The molecule has 0 aliphatic heterocycles. The van der Waals surface area contributed by atoms with Crippen LogP contribution in [0.2, 0.25) is 0 Å². The molecule has 15 heavy (non-hydrogen) atoms. The third-order valence-electron chi connectivity index (χ3n) is 1.35. The molecule has 0 aliphatic carbocycles. The van der Waals surface area contributed by atoms with E-state index in [-0.39, 0.29) is 5.03 Å². The Morgan fingerprint density at radius 1 is 1.33 bits per heavy atom. The van der Waals surface area contributed by atoms with Gasteiger partial charge in [0.2, 0.25) is 0 Å². The van der Waals surface area contributed by atoms with E-state index in [9.17, 15) is 20.2 Å². The van der Waals surface area contributed by atoms with Crippen molar-refractivity contribution in [3.05, 3.63) is 32.5 Å². The Labute approximate surface area is 91.1 Å². The summed E-state index contributed by atoms with van der Waals surface area (Å²) in [5.74, 6) is 0. The average Bonchev–Trinajstić information content (AvgIpc) is 2.18. The van der Waals surface area contributed by atoms with Crippen molar-refractivity contribution < 1.29 is 9.85 Å². The summed E-state index contributed by atoms with van der Waals surface area (Å²) in [6.07, 6.45) is 0.950. The first-order chi connectivity index (χ1) is 7.06. The molecule has 0 bridgehead atoms. The van der Waals surface area contributed by atoms with Crippen LogP contribution < -0.4 is 5.14 Å². The fraction of sp³-hybridized carbons (Fsp3) is 0. The summed E-state index contributed by atoms with van der Waals surface area (Å²) in [6, 6.07) is 0.853. The largest absolute Gasteiger partial charge is 0.309 e. The van der Waals surface area contributed by atoms with E-state index in [1.54, 1.807) is 0 Å². The predicted molar refractivity (Wildman–Crippen MR) is 55.2 cm³/mol. The second-order valence-electron chi connectivity index (χ2n) is 2.21. The van der Waals surface area contributed by atoms with Crippen molar-refractivity contribution in [3.8, 4) is 0 Å². The second kappa shape index (κ2) is 4.91. The van der Waals surface area contributed by atoms with Gasteiger partial charge in [0.05, 0.1) is 15.9 Å². The SMILES string of the molecule is NSSc1ncc([N+](=O)[O-])cc1[N+](=O)[O-]. The summed E-state index contributed by atoms with van der Waals surface area (Å²) in [6.45, 7) is 0. The van der Waals surface area contributed by atoms with Crippen LogP contribution in [0.25, 0.3) is 0 Å². The first kappa shape index (κ1) is 11.7. The Morgan fingerprint density at radius 2 is 2.00 bits per heavy atom. The van der Waals surface area contributed by atoms with Crippen LogP contribution in [0.3, 0.4) is 0 Å². The first-order valence-corrected chi connectivity index (χ1v) is 5.59. The lowest BCUT2D eigenvalue weighted by Gasteiger charge is -1.98. The highest BCUT2D eigenvalue weighted by Gasteiger charge is 2.21. The van der Waals surface area contributed by atoms with E-state index in [0.29, 0.717) is 0 Å². The van der Waals surface area contributed by atoms with Gasteiger partial charge in [0.1, 0.15) is 6.20 Å². The summed E-state index contributed by atoms with van der Waals surface area (Å²) in [5, 5.41) is 26.1. The predicted octanol–water partition coefficient (Wildman–Crippen LogP) is 1.51. The standard InChI is InChI=1S/C5H4N4O4S2/c6-15-14-5-4(9(12)13)1-3(2-7-5)8(10)11/h1-2H,6H2. The van der Waals surface area contributed by atoms with Crippen LogP contribution in [-0.4, -0.2) is 14.8 Å².